The lowest BCUT2D eigenvalue weighted by Crippen LogP contribution is -2.58. The summed E-state index contributed by atoms with van der Waals surface area (Å²) in [6.07, 6.45) is 7.20. The van der Waals surface area contributed by atoms with E-state index in [1.165, 1.54) is 5.56 Å². The Balaban J connectivity index is 1.83. The summed E-state index contributed by atoms with van der Waals surface area (Å²) in [7, 11) is 0. The van der Waals surface area contributed by atoms with Crippen molar-refractivity contribution in [3.05, 3.63) is 54.3 Å². The maximum Gasteiger partial charge on any atom is 0.250 e. The molecule has 1 aromatic rings. The normalized spacial score (nSPS) is 22.4. The summed E-state index contributed by atoms with van der Waals surface area (Å²) in [4.78, 5) is 30.6. The molecule has 1 aromatic carbocycles. The van der Waals surface area contributed by atoms with Crippen molar-refractivity contribution in [2.75, 3.05) is 5.32 Å². The van der Waals surface area contributed by atoms with Gasteiger partial charge in [0.1, 0.15) is 11.4 Å². The topological polar surface area (TPSA) is 61.8 Å². The second-order valence-corrected chi connectivity index (χ2v) is 6.62. The molecule has 0 bridgehead atoms. The van der Waals surface area contributed by atoms with Crippen molar-refractivity contribution >= 4 is 23.3 Å². The first-order valence-corrected chi connectivity index (χ1v) is 8.07. The Labute approximate surface area is 141 Å². The molecule has 5 nitrogen and oxygen atoms in total. The van der Waals surface area contributed by atoms with Crippen LogP contribution in [0.5, 0.6) is 0 Å². The molecule has 2 aliphatic heterocycles. The minimum Gasteiger partial charge on any atom is -0.324 e. The number of rotatable bonds is 3. The van der Waals surface area contributed by atoms with Crippen LogP contribution in [0.2, 0.25) is 0 Å². The van der Waals surface area contributed by atoms with E-state index in [0.717, 1.165) is 5.69 Å². The number of allylic oxidation sites excluding steroid dienone is 2. The number of carbonyl (C=O) groups is 2. The molecular weight excluding hydrogens is 302 g/mol. The van der Waals surface area contributed by atoms with Crippen LogP contribution in [0, 0.1) is 0 Å². The van der Waals surface area contributed by atoms with Crippen LogP contribution in [0.4, 0.5) is 5.69 Å². The van der Waals surface area contributed by atoms with E-state index < -0.39 is 5.54 Å². The number of hydrogen-bond acceptors (Lipinski definition) is 3. The SMILES string of the molecule is CC(C)c1ccc(NC(=O)C2(C)CC(=O)N=C3C=CC=CN32)cc1. The molecular formula is C19H21N3O2. The van der Waals surface area contributed by atoms with Gasteiger partial charge in [-0.15, -0.1) is 0 Å². The van der Waals surface area contributed by atoms with E-state index in [1.807, 2.05) is 30.3 Å². The van der Waals surface area contributed by atoms with E-state index in [0.29, 0.717) is 11.8 Å². The van der Waals surface area contributed by atoms with Gasteiger partial charge in [-0.2, -0.15) is 4.99 Å². The van der Waals surface area contributed by atoms with Gasteiger partial charge in [-0.05, 0) is 42.7 Å². The number of amidine groups is 1. The summed E-state index contributed by atoms with van der Waals surface area (Å²) in [5, 5.41) is 2.93. The Morgan fingerprint density at radius 1 is 1.25 bits per heavy atom. The van der Waals surface area contributed by atoms with E-state index in [2.05, 4.69) is 24.2 Å². The lowest BCUT2D eigenvalue weighted by atomic mass is 9.91. The molecule has 0 saturated heterocycles. The molecule has 0 aliphatic carbocycles. The third-order valence-corrected chi connectivity index (χ3v) is 4.43. The Morgan fingerprint density at radius 3 is 2.62 bits per heavy atom. The molecule has 1 N–H and O–H groups in total. The van der Waals surface area contributed by atoms with E-state index >= 15 is 0 Å². The Morgan fingerprint density at radius 2 is 1.96 bits per heavy atom. The maximum atomic E-state index is 12.9. The van der Waals surface area contributed by atoms with Crippen LogP contribution in [-0.4, -0.2) is 28.1 Å². The van der Waals surface area contributed by atoms with Gasteiger partial charge in [0.25, 0.3) is 11.8 Å². The molecule has 1 atom stereocenters. The fourth-order valence-corrected chi connectivity index (χ4v) is 2.90. The van der Waals surface area contributed by atoms with E-state index in [4.69, 9.17) is 0 Å². The third kappa shape index (κ3) is 2.89. The zero-order chi connectivity index (χ0) is 17.3. The monoisotopic (exact) mass is 323 g/mol. The molecule has 3 rings (SSSR count). The van der Waals surface area contributed by atoms with Crippen molar-refractivity contribution in [2.45, 2.75) is 38.6 Å². The Kier molecular flexibility index (Phi) is 4.09. The summed E-state index contributed by atoms with van der Waals surface area (Å²) in [6, 6.07) is 7.79. The van der Waals surface area contributed by atoms with Crippen LogP contribution in [0.1, 0.15) is 38.7 Å². The van der Waals surface area contributed by atoms with E-state index in [1.54, 1.807) is 30.2 Å². The summed E-state index contributed by atoms with van der Waals surface area (Å²) in [6.45, 7) is 6.01. The lowest BCUT2D eigenvalue weighted by Gasteiger charge is -2.41. The minimum atomic E-state index is -0.994. The van der Waals surface area contributed by atoms with Crippen molar-refractivity contribution in [1.29, 1.82) is 0 Å². The molecule has 2 heterocycles. The summed E-state index contributed by atoms with van der Waals surface area (Å²) < 4.78 is 0. The molecule has 1 unspecified atom stereocenters. The second kappa shape index (κ2) is 6.07. The van der Waals surface area contributed by atoms with Crippen LogP contribution in [0.3, 0.4) is 0 Å². The van der Waals surface area contributed by atoms with Crippen molar-refractivity contribution in [3.63, 3.8) is 0 Å². The molecule has 0 aromatic heterocycles. The van der Waals surface area contributed by atoms with E-state index in [9.17, 15) is 9.59 Å². The van der Waals surface area contributed by atoms with Gasteiger partial charge in [0.2, 0.25) is 0 Å². The highest BCUT2D eigenvalue weighted by Crippen LogP contribution is 2.29. The van der Waals surface area contributed by atoms with Gasteiger partial charge in [-0.3, -0.25) is 9.59 Å². The van der Waals surface area contributed by atoms with Crippen LogP contribution in [0.25, 0.3) is 0 Å². The van der Waals surface area contributed by atoms with Crippen molar-refractivity contribution < 1.29 is 9.59 Å². The van der Waals surface area contributed by atoms with Gasteiger partial charge >= 0.3 is 0 Å². The number of carbonyl (C=O) groups excluding carboxylic acids is 2. The Hall–Kier alpha value is -2.69. The largest absolute Gasteiger partial charge is 0.324 e. The van der Waals surface area contributed by atoms with Crippen LogP contribution >= 0.6 is 0 Å². The number of benzene rings is 1. The first-order valence-electron chi connectivity index (χ1n) is 8.07. The smallest absolute Gasteiger partial charge is 0.250 e. The highest BCUT2D eigenvalue weighted by Gasteiger charge is 2.45. The summed E-state index contributed by atoms with van der Waals surface area (Å²) >= 11 is 0. The molecule has 5 heteroatoms. The number of hydrogen-bond donors (Lipinski definition) is 1. The Bertz CT molecular complexity index is 759. The number of fused-ring (bicyclic) bond motifs is 1. The van der Waals surface area contributed by atoms with E-state index in [-0.39, 0.29) is 18.2 Å². The standard InChI is InChI=1S/C19H21N3O2/c1-13(2)14-7-9-15(10-8-14)20-18(24)19(3)12-17(23)21-16-6-4-5-11-22(16)19/h4-11,13H,12H2,1-3H3,(H,20,24). The average molecular weight is 323 g/mol. The molecule has 2 amide bonds. The summed E-state index contributed by atoms with van der Waals surface area (Å²) in [5.41, 5.74) is 0.941. The van der Waals surface area contributed by atoms with Crippen molar-refractivity contribution in [1.82, 2.24) is 4.90 Å². The first-order chi connectivity index (χ1) is 11.4. The zero-order valence-electron chi connectivity index (χ0n) is 14.1. The first kappa shape index (κ1) is 16.2. The van der Waals surface area contributed by atoms with Gasteiger partial charge in [0.15, 0.2) is 0 Å². The number of aliphatic imine (C=N–C) groups is 1. The van der Waals surface area contributed by atoms with Crippen LogP contribution in [0.15, 0.2) is 53.7 Å². The van der Waals surface area contributed by atoms with Gasteiger partial charge in [-0.1, -0.05) is 32.1 Å². The average Bonchev–Trinajstić information content (AvgIpc) is 2.55. The van der Waals surface area contributed by atoms with Crippen molar-refractivity contribution in [2.24, 2.45) is 4.99 Å². The quantitative estimate of drug-likeness (QED) is 0.929. The van der Waals surface area contributed by atoms with Crippen molar-refractivity contribution in [3.8, 4) is 0 Å². The lowest BCUT2D eigenvalue weighted by molar-refractivity contribution is -0.130. The molecule has 0 spiro atoms. The minimum absolute atomic E-state index is 0.0462. The second-order valence-electron chi connectivity index (χ2n) is 6.62. The fourth-order valence-electron chi connectivity index (χ4n) is 2.90. The molecule has 124 valence electrons. The predicted octanol–water partition coefficient (Wildman–Crippen LogP) is 3.22. The van der Waals surface area contributed by atoms with Crippen LogP contribution in [-0.2, 0) is 9.59 Å². The van der Waals surface area contributed by atoms with Gasteiger partial charge < -0.3 is 10.2 Å². The third-order valence-electron chi connectivity index (χ3n) is 4.43. The molecule has 0 radical (unpaired) electrons. The van der Waals surface area contributed by atoms with Gasteiger partial charge in [0, 0.05) is 11.9 Å². The highest BCUT2D eigenvalue weighted by atomic mass is 16.2. The number of nitrogens with zero attached hydrogens (tertiary/aromatic N) is 2. The summed E-state index contributed by atoms with van der Waals surface area (Å²) in [5.74, 6) is 0.434. The number of anilines is 1. The molecule has 0 fully saturated rings. The molecule has 2 aliphatic rings. The fraction of sp³-hybridized carbons (Fsp3) is 0.316. The van der Waals surface area contributed by atoms with Crippen LogP contribution < -0.4 is 5.32 Å². The number of nitrogens with one attached hydrogen (secondary N) is 1. The maximum absolute atomic E-state index is 12.9. The zero-order valence-corrected chi connectivity index (χ0v) is 14.1. The molecule has 0 saturated carbocycles. The van der Waals surface area contributed by atoms with Gasteiger partial charge in [0.05, 0.1) is 6.42 Å². The number of amides is 2. The highest BCUT2D eigenvalue weighted by molar-refractivity contribution is 6.11. The van der Waals surface area contributed by atoms with Gasteiger partial charge in [-0.25, -0.2) is 0 Å². The molecule has 24 heavy (non-hydrogen) atoms. The predicted molar refractivity (Wildman–Crippen MR) is 94.7 cm³/mol.